The van der Waals surface area contributed by atoms with Crippen molar-refractivity contribution in [1.82, 2.24) is 4.90 Å². The lowest BCUT2D eigenvalue weighted by atomic mass is 10.2. The van der Waals surface area contributed by atoms with E-state index in [0.717, 1.165) is 30.0 Å². The maximum absolute atomic E-state index is 13.7. The Morgan fingerprint density at radius 1 is 1.10 bits per heavy atom. The number of nitrogens with zero attached hydrogens (tertiary/aromatic N) is 1. The van der Waals surface area contributed by atoms with E-state index in [4.69, 9.17) is 5.73 Å². The average molecular weight is 308 g/mol. The minimum atomic E-state index is -0.537. The number of anilines is 1. The highest BCUT2D eigenvalue weighted by molar-refractivity contribution is 7.99. The summed E-state index contributed by atoms with van der Waals surface area (Å²) < 4.78 is 26.9. The fourth-order valence-electron chi connectivity index (χ4n) is 1.69. The molecule has 0 radical (unpaired) electrons. The molecule has 0 saturated carbocycles. The van der Waals surface area contributed by atoms with Crippen LogP contribution >= 0.6 is 11.8 Å². The number of hydrogen-bond donors (Lipinski definition) is 1. The molecule has 0 aliphatic heterocycles. The van der Waals surface area contributed by atoms with Gasteiger partial charge in [0.25, 0.3) is 5.91 Å². The molecule has 21 heavy (non-hydrogen) atoms. The standard InChI is InChI=1S/C15H14F2N2OS/c1-19(2)15(20)9-3-6-12(18)14(7-9)21-13-8-10(16)4-5-11(13)17/h3-8H,18H2,1-2H3. The van der Waals surface area contributed by atoms with Crippen LogP contribution < -0.4 is 5.73 Å². The van der Waals surface area contributed by atoms with Crippen molar-refractivity contribution in [1.29, 1.82) is 0 Å². The number of nitrogen functional groups attached to an aromatic ring is 1. The van der Waals surface area contributed by atoms with Gasteiger partial charge in [0, 0.05) is 30.2 Å². The molecule has 0 aromatic heterocycles. The van der Waals surface area contributed by atoms with Crippen LogP contribution in [0.2, 0.25) is 0 Å². The zero-order chi connectivity index (χ0) is 15.6. The molecule has 0 saturated heterocycles. The molecule has 2 aromatic carbocycles. The Hall–Kier alpha value is -2.08. The summed E-state index contributed by atoms with van der Waals surface area (Å²) in [4.78, 5) is 14.0. The summed E-state index contributed by atoms with van der Waals surface area (Å²) >= 11 is 0.988. The van der Waals surface area contributed by atoms with E-state index in [1.54, 1.807) is 32.3 Å². The van der Waals surface area contributed by atoms with Crippen LogP contribution in [-0.2, 0) is 0 Å². The Kier molecular flexibility index (Phi) is 4.47. The van der Waals surface area contributed by atoms with Crippen molar-refractivity contribution in [2.45, 2.75) is 9.79 Å². The summed E-state index contributed by atoms with van der Waals surface area (Å²) in [6.45, 7) is 0. The van der Waals surface area contributed by atoms with Gasteiger partial charge in [-0.05, 0) is 36.4 Å². The van der Waals surface area contributed by atoms with Gasteiger partial charge in [0.1, 0.15) is 11.6 Å². The van der Waals surface area contributed by atoms with Crippen molar-refractivity contribution in [3.8, 4) is 0 Å². The highest BCUT2D eigenvalue weighted by Gasteiger charge is 2.13. The smallest absolute Gasteiger partial charge is 0.253 e. The molecule has 0 fully saturated rings. The molecule has 110 valence electrons. The van der Waals surface area contributed by atoms with Crippen LogP contribution in [0.1, 0.15) is 10.4 Å². The predicted molar refractivity (Wildman–Crippen MR) is 79.4 cm³/mol. The maximum atomic E-state index is 13.7. The largest absolute Gasteiger partial charge is 0.398 e. The molecule has 0 spiro atoms. The number of carbonyl (C=O) groups is 1. The summed E-state index contributed by atoms with van der Waals surface area (Å²) in [7, 11) is 3.27. The van der Waals surface area contributed by atoms with E-state index in [0.29, 0.717) is 16.1 Å². The van der Waals surface area contributed by atoms with Gasteiger partial charge >= 0.3 is 0 Å². The van der Waals surface area contributed by atoms with Crippen molar-refractivity contribution >= 4 is 23.4 Å². The second-order valence-electron chi connectivity index (χ2n) is 4.63. The van der Waals surface area contributed by atoms with Gasteiger partial charge in [0.15, 0.2) is 0 Å². The normalized spacial score (nSPS) is 10.5. The van der Waals surface area contributed by atoms with Crippen molar-refractivity contribution in [2.75, 3.05) is 19.8 Å². The number of amides is 1. The number of carbonyl (C=O) groups excluding carboxylic acids is 1. The summed E-state index contributed by atoms with van der Waals surface area (Å²) in [6.07, 6.45) is 0. The van der Waals surface area contributed by atoms with Gasteiger partial charge in [-0.3, -0.25) is 4.79 Å². The first kappa shape index (κ1) is 15.3. The molecule has 0 bridgehead atoms. The fraction of sp³-hybridized carbons (Fsp3) is 0.133. The van der Waals surface area contributed by atoms with Crippen LogP contribution in [0.15, 0.2) is 46.2 Å². The van der Waals surface area contributed by atoms with Crippen LogP contribution in [0.25, 0.3) is 0 Å². The molecule has 0 atom stereocenters. The van der Waals surface area contributed by atoms with E-state index < -0.39 is 11.6 Å². The van der Waals surface area contributed by atoms with Crippen molar-refractivity contribution in [3.63, 3.8) is 0 Å². The van der Waals surface area contributed by atoms with Crippen molar-refractivity contribution < 1.29 is 13.6 Å². The lowest BCUT2D eigenvalue weighted by Crippen LogP contribution is -2.21. The summed E-state index contributed by atoms with van der Waals surface area (Å²) in [6, 6.07) is 7.96. The fourth-order valence-corrected chi connectivity index (χ4v) is 2.63. The second-order valence-corrected chi connectivity index (χ2v) is 5.71. The third-order valence-corrected chi connectivity index (χ3v) is 3.89. The van der Waals surface area contributed by atoms with E-state index in [9.17, 15) is 13.6 Å². The monoisotopic (exact) mass is 308 g/mol. The molecule has 0 aliphatic carbocycles. The molecule has 2 N–H and O–H groups in total. The molecular formula is C15H14F2N2OS. The van der Waals surface area contributed by atoms with E-state index in [-0.39, 0.29) is 10.8 Å². The van der Waals surface area contributed by atoms with Gasteiger partial charge in [-0.1, -0.05) is 11.8 Å². The predicted octanol–water partition coefficient (Wildman–Crippen LogP) is 3.40. The summed E-state index contributed by atoms with van der Waals surface area (Å²) in [5.41, 5.74) is 6.68. The van der Waals surface area contributed by atoms with E-state index in [2.05, 4.69) is 0 Å². The zero-order valence-electron chi connectivity index (χ0n) is 11.6. The highest BCUT2D eigenvalue weighted by Crippen LogP contribution is 2.34. The van der Waals surface area contributed by atoms with E-state index >= 15 is 0 Å². The van der Waals surface area contributed by atoms with Gasteiger partial charge in [0.2, 0.25) is 0 Å². The molecule has 2 rings (SSSR count). The number of nitrogens with two attached hydrogens (primary N) is 1. The van der Waals surface area contributed by atoms with E-state index in [1.807, 2.05) is 0 Å². The van der Waals surface area contributed by atoms with Gasteiger partial charge < -0.3 is 10.6 Å². The van der Waals surface area contributed by atoms with Crippen LogP contribution in [0.5, 0.6) is 0 Å². The van der Waals surface area contributed by atoms with Gasteiger partial charge in [-0.25, -0.2) is 8.78 Å². The Morgan fingerprint density at radius 3 is 2.48 bits per heavy atom. The maximum Gasteiger partial charge on any atom is 0.253 e. The number of hydrogen-bond acceptors (Lipinski definition) is 3. The van der Waals surface area contributed by atoms with Gasteiger partial charge in [-0.2, -0.15) is 0 Å². The lowest BCUT2D eigenvalue weighted by Gasteiger charge is -2.12. The molecule has 1 amide bonds. The molecular weight excluding hydrogens is 294 g/mol. The molecule has 6 heteroatoms. The van der Waals surface area contributed by atoms with Crippen molar-refractivity contribution in [2.24, 2.45) is 0 Å². The van der Waals surface area contributed by atoms with E-state index in [1.165, 1.54) is 4.90 Å². The quantitative estimate of drug-likeness (QED) is 0.884. The van der Waals surface area contributed by atoms with Crippen LogP contribution in [0.4, 0.5) is 14.5 Å². The second kappa shape index (κ2) is 6.13. The number of benzene rings is 2. The molecule has 3 nitrogen and oxygen atoms in total. The Morgan fingerprint density at radius 2 is 1.81 bits per heavy atom. The molecule has 0 aliphatic rings. The van der Waals surface area contributed by atoms with Crippen LogP contribution in [0, 0.1) is 11.6 Å². The van der Waals surface area contributed by atoms with Crippen LogP contribution in [-0.4, -0.2) is 24.9 Å². The van der Waals surface area contributed by atoms with Crippen LogP contribution in [0.3, 0.4) is 0 Å². The van der Waals surface area contributed by atoms with Crippen molar-refractivity contribution in [3.05, 3.63) is 53.6 Å². The van der Waals surface area contributed by atoms with Gasteiger partial charge in [-0.15, -0.1) is 0 Å². The zero-order valence-corrected chi connectivity index (χ0v) is 12.4. The SMILES string of the molecule is CN(C)C(=O)c1ccc(N)c(Sc2cc(F)ccc2F)c1. The lowest BCUT2D eigenvalue weighted by molar-refractivity contribution is 0.0827. The first-order valence-electron chi connectivity index (χ1n) is 6.12. The minimum Gasteiger partial charge on any atom is -0.398 e. The topological polar surface area (TPSA) is 46.3 Å². The molecule has 2 aromatic rings. The first-order valence-corrected chi connectivity index (χ1v) is 6.94. The third kappa shape index (κ3) is 3.52. The number of halogens is 2. The van der Waals surface area contributed by atoms with Gasteiger partial charge in [0.05, 0.1) is 4.90 Å². The average Bonchev–Trinajstić information content (AvgIpc) is 2.44. The molecule has 0 unspecified atom stereocenters. The summed E-state index contributed by atoms with van der Waals surface area (Å²) in [5, 5.41) is 0. The Labute approximate surface area is 125 Å². The highest BCUT2D eigenvalue weighted by atomic mass is 32.2. The summed E-state index contributed by atoms with van der Waals surface area (Å²) in [5.74, 6) is -1.25. The Balaban J connectivity index is 2.37. The first-order chi connectivity index (χ1) is 9.88. The number of rotatable bonds is 3. The third-order valence-electron chi connectivity index (χ3n) is 2.78. The Bertz CT molecular complexity index is 689. The molecule has 0 heterocycles. The minimum absolute atomic E-state index is 0.121.